The lowest BCUT2D eigenvalue weighted by atomic mass is 9.99. The van der Waals surface area contributed by atoms with Crippen molar-refractivity contribution in [3.8, 4) is 0 Å². The summed E-state index contributed by atoms with van der Waals surface area (Å²) in [5.74, 6) is 0.600. The lowest BCUT2D eigenvalue weighted by Crippen LogP contribution is -2.49. The Balaban J connectivity index is 1.49. The van der Waals surface area contributed by atoms with Crippen LogP contribution in [0.1, 0.15) is 43.0 Å². The number of anilines is 1. The predicted molar refractivity (Wildman–Crippen MR) is 116 cm³/mol. The Morgan fingerprint density at radius 1 is 1.19 bits per heavy atom. The molecule has 0 bridgehead atoms. The van der Waals surface area contributed by atoms with Crippen LogP contribution in [0.15, 0.2) is 30.5 Å². The minimum absolute atomic E-state index is 0.600. The van der Waals surface area contributed by atoms with Crippen LogP contribution < -0.4 is 5.32 Å². The predicted octanol–water partition coefficient (Wildman–Crippen LogP) is 3.76. The maximum atomic E-state index is 5.64. The van der Waals surface area contributed by atoms with E-state index in [0.717, 1.165) is 49.9 Å². The number of hydrogen-bond donors (Lipinski definition) is 1. The average molecular weight is 386 g/mol. The Morgan fingerprint density at radius 2 is 1.85 bits per heavy atom. The third-order valence-electron chi connectivity index (χ3n) is 5.73. The number of benzene rings is 1. The van der Waals surface area contributed by atoms with Crippen molar-refractivity contribution in [3.05, 3.63) is 47.3 Å². The molecular weight excluding hydrogens is 354 g/mol. The van der Waals surface area contributed by atoms with E-state index in [1.807, 2.05) is 17.9 Å². The second-order valence-electron chi connectivity index (χ2n) is 7.50. The maximum absolute atomic E-state index is 5.64. The van der Waals surface area contributed by atoms with Gasteiger partial charge in [-0.1, -0.05) is 26.0 Å². The third kappa shape index (κ3) is 4.87. The van der Waals surface area contributed by atoms with Crippen molar-refractivity contribution in [2.75, 3.05) is 31.5 Å². The van der Waals surface area contributed by atoms with Gasteiger partial charge in [0.05, 0.1) is 6.20 Å². The van der Waals surface area contributed by atoms with E-state index >= 15 is 0 Å². The number of thiocarbonyl (C=S) groups is 1. The zero-order valence-corrected chi connectivity index (χ0v) is 17.7. The first kappa shape index (κ1) is 19.8. The highest BCUT2D eigenvalue weighted by atomic mass is 32.1. The molecule has 1 fully saturated rings. The molecule has 6 heteroatoms. The molecule has 1 aliphatic rings. The number of aromatic nitrogens is 2. The Labute approximate surface area is 168 Å². The number of aryl methyl sites for hydroxylation is 1. The Morgan fingerprint density at radius 3 is 2.41 bits per heavy atom. The van der Waals surface area contributed by atoms with Crippen molar-refractivity contribution in [2.24, 2.45) is 7.05 Å². The van der Waals surface area contributed by atoms with Crippen LogP contribution in [0.2, 0.25) is 0 Å². The topological polar surface area (TPSA) is 36.3 Å². The molecule has 27 heavy (non-hydrogen) atoms. The van der Waals surface area contributed by atoms with E-state index in [4.69, 9.17) is 12.2 Å². The zero-order valence-electron chi connectivity index (χ0n) is 16.9. The Bertz CT molecular complexity index is 759. The lowest BCUT2D eigenvalue weighted by molar-refractivity contribution is 0.176. The molecule has 1 aromatic heterocycles. The molecule has 0 aliphatic carbocycles. The van der Waals surface area contributed by atoms with Crippen LogP contribution in [-0.2, 0) is 13.6 Å². The van der Waals surface area contributed by atoms with Gasteiger partial charge in [-0.25, -0.2) is 0 Å². The van der Waals surface area contributed by atoms with Crippen LogP contribution in [0.4, 0.5) is 5.69 Å². The van der Waals surface area contributed by atoms with Gasteiger partial charge in [0.1, 0.15) is 0 Å². The SMILES string of the molecule is CCC(C)c1ccc(NC(=S)N2CCN(Cc3cnn(C)c3C)CC2)cc1. The first-order valence-corrected chi connectivity index (χ1v) is 10.2. The van der Waals surface area contributed by atoms with Crippen LogP contribution >= 0.6 is 12.2 Å². The van der Waals surface area contributed by atoms with Gasteiger partial charge in [0.25, 0.3) is 0 Å². The molecule has 0 spiro atoms. The molecule has 0 saturated carbocycles. The zero-order chi connectivity index (χ0) is 19.4. The first-order chi connectivity index (χ1) is 13.0. The van der Waals surface area contributed by atoms with Gasteiger partial charge < -0.3 is 10.2 Å². The molecule has 0 radical (unpaired) electrons. The summed E-state index contributed by atoms with van der Waals surface area (Å²) in [6.07, 6.45) is 3.14. The van der Waals surface area contributed by atoms with Crippen LogP contribution in [0.3, 0.4) is 0 Å². The Kier molecular flexibility index (Phi) is 6.50. The monoisotopic (exact) mass is 385 g/mol. The molecule has 5 nitrogen and oxygen atoms in total. The molecule has 0 amide bonds. The molecule has 1 atom stereocenters. The Hall–Kier alpha value is -1.92. The molecular formula is C21H31N5S. The van der Waals surface area contributed by atoms with E-state index in [1.165, 1.54) is 16.8 Å². The molecule has 2 aromatic rings. The van der Waals surface area contributed by atoms with Crippen LogP contribution in [0, 0.1) is 6.92 Å². The van der Waals surface area contributed by atoms with E-state index in [1.54, 1.807) is 0 Å². The van der Waals surface area contributed by atoms with Gasteiger partial charge in [-0.05, 0) is 49.2 Å². The number of rotatable bonds is 5. The number of hydrogen-bond acceptors (Lipinski definition) is 3. The molecule has 2 heterocycles. The molecule has 1 saturated heterocycles. The summed E-state index contributed by atoms with van der Waals surface area (Å²) in [6, 6.07) is 8.67. The van der Waals surface area contributed by atoms with Crippen LogP contribution in [0.5, 0.6) is 0 Å². The number of nitrogens with zero attached hydrogens (tertiary/aromatic N) is 4. The van der Waals surface area contributed by atoms with Crippen molar-refractivity contribution in [3.63, 3.8) is 0 Å². The highest BCUT2D eigenvalue weighted by Gasteiger charge is 2.20. The normalized spacial score (nSPS) is 16.4. The second-order valence-corrected chi connectivity index (χ2v) is 7.89. The highest BCUT2D eigenvalue weighted by Crippen LogP contribution is 2.21. The molecule has 146 valence electrons. The van der Waals surface area contributed by atoms with Gasteiger partial charge >= 0.3 is 0 Å². The minimum Gasteiger partial charge on any atom is -0.346 e. The highest BCUT2D eigenvalue weighted by molar-refractivity contribution is 7.80. The van der Waals surface area contributed by atoms with Gasteiger partial charge in [-0.15, -0.1) is 0 Å². The van der Waals surface area contributed by atoms with E-state index in [9.17, 15) is 0 Å². The smallest absolute Gasteiger partial charge is 0.173 e. The van der Waals surface area contributed by atoms with E-state index in [2.05, 4.69) is 65.3 Å². The minimum atomic E-state index is 0.600. The summed E-state index contributed by atoms with van der Waals surface area (Å²) in [5, 5.41) is 8.56. The van der Waals surface area contributed by atoms with Crippen LogP contribution in [-0.4, -0.2) is 50.9 Å². The summed E-state index contributed by atoms with van der Waals surface area (Å²) >= 11 is 5.64. The fourth-order valence-corrected chi connectivity index (χ4v) is 3.68. The number of nitrogens with one attached hydrogen (secondary N) is 1. The van der Waals surface area contributed by atoms with Gasteiger partial charge in [0.2, 0.25) is 0 Å². The molecule has 1 aromatic carbocycles. The average Bonchev–Trinajstić information content (AvgIpc) is 3.00. The van der Waals surface area contributed by atoms with E-state index < -0.39 is 0 Å². The van der Waals surface area contributed by atoms with Gasteiger partial charge in [0, 0.05) is 56.7 Å². The van der Waals surface area contributed by atoms with Crippen molar-refractivity contribution in [1.82, 2.24) is 19.6 Å². The van der Waals surface area contributed by atoms with Gasteiger partial charge in [-0.2, -0.15) is 5.10 Å². The van der Waals surface area contributed by atoms with Crippen molar-refractivity contribution in [2.45, 2.75) is 39.7 Å². The van der Waals surface area contributed by atoms with Crippen molar-refractivity contribution < 1.29 is 0 Å². The lowest BCUT2D eigenvalue weighted by Gasteiger charge is -2.36. The molecule has 1 aliphatic heterocycles. The fourth-order valence-electron chi connectivity index (χ4n) is 3.38. The standard InChI is InChI=1S/C21H31N5S/c1-5-16(2)18-6-8-20(9-7-18)23-21(27)26-12-10-25(11-13-26)15-19-14-22-24(4)17(19)3/h6-9,14,16H,5,10-13,15H2,1-4H3,(H,23,27). The number of piperazine rings is 1. The first-order valence-electron chi connectivity index (χ1n) is 9.83. The van der Waals surface area contributed by atoms with Gasteiger partial charge in [-0.3, -0.25) is 9.58 Å². The summed E-state index contributed by atoms with van der Waals surface area (Å²) in [5.41, 5.74) is 5.01. The fraction of sp³-hybridized carbons (Fsp3) is 0.524. The molecule has 3 rings (SSSR count). The van der Waals surface area contributed by atoms with E-state index in [0.29, 0.717) is 5.92 Å². The molecule has 1 unspecified atom stereocenters. The largest absolute Gasteiger partial charge is 0.346 e. The second kappa shape index (κ2) is 8.85. The van der Waals surface area contributed by atoms with Gasteiger partial charge in [0.15, 0.2) is 5.11 Å². The van der Waals surface area contributed by atoms with Crippen molar-refractivity contribution in [1.29, 1.82) is 0 Å². The summed E-state index contributed by atoms with van der Waals surface area (Å²) in [6.45, 7) is 11.5. The van der Waals surface area contributed by atoms with Crippen molar-refractivity contribution >= 4 is 23.0 Å². The van der Waals surface area contributed by atoms with Crippen LogP contribution in [0.25, 0.3) is 0 Å². The quantitative estimate of drug-likeness (QED) is 0.793. The third-order valence-corrected chi connectivity index (χ3v) is 6.09. The summed E-state index contributed by atoms with van der Waals surface area (Å²) in [7, 11) is 2.00. The summed E-state index contributed by atoms with van der Waals surface area (Å²) in [4.78, 5) is 4.74. The maximum Gasteiger partial charge on any atom is 0.173 e. The summed E-state index contributed by atoms with van der Waals surface area (Å²) < 4.78 is 1.94. The molecule has 1 N–H and O–H groups in total. The van der Waals surface area contributed by atoms with E-state index in [-0.39, 0.29) is 0 Å².